The van der Waals surface area contributed by atoms with Crippen LogP contribution in [0.25, 0.3) is 0 Å². The lowest BCUT2D eigenvalue weighted by molar-refractivity contribution is 0.403. The van der Waals surface area contributed by atoms with Crippen LogP contribution < -0.4 is 10.5 Å². The van der Waals surface area contributed by atoms with Gasteiger partial charge < -0.3 is 10.5 Å². The van der Waals surface area contributed by atoms with Gasteiger partial charge in [-0.15, -0.1) is 0 Å². The summed E-state index contributed by atoms with van der Waals surface area (Å²) in [6.07, 6.45) is 8.57. The van der Waals surface area contributed by atoms with Gasteiger partial charge in [0.15, 0.2) is 0 Å². The molecule has 0 saturated heterocycles. The minimum Gasteiger partial charge on any atom is -0.496 e. The van der Waals surface area contributed by atoms with E-state index in [0.29, 0.717) is 0 Å². The van der Waals surface area contributed by atoms with Gasteiger partial charge in [0, 0.05) is 11.1 Å². The van der Waals surface area contributed by atoms with Gasteiger partial charge >= 0.3 is 0 Å². The molecule has 1 saturated carbocycles. The fourth-order valence-corrected chi connectivity index (χ4v) is 3.08. The van der Waals surface area contributed by atoms with Gasteiger partial charge in [-0.3, -0.25) is 0 Å². The lowest BCUT2D eigenvalue weighted by Crippen LogP contribution is -2.22. The molecule has 0 spiro atoms. The first-order valence-corrected chi connectivity index (χ1v) is 6.73. The molecule has 2 N–H and O–H groups in total. The molecule has 0 aliphatic heterocycles. The number of ether oxygens (including phenoxy) is 1. The van der Waals surface area contributed by atoms with Crippen LogP contribution in [0.3, 0.4) is 0 Å². The van der Waals surface area contributed by atoms with E-state index in [4.69, 9.17) is 10.5 Å². The number of hydrogen-bond acceptors (Lipinski definition) is 2. The van der Waals surface area contributed by atoms with Crippen LogP contribution in [0, 0.1) is 0 Å². The standard InChI is InChI=1S/C15H21NO/c1-17-13-8-7-11-5-3-2-4-6-12(11)14(13)15(16)9-10-15/h7-8H,2-6,9-10,16H2,1H3. The van der Waals surface area contributed by atoms with Crippen molar-refractivity contribution in [1.82, 2.24) is 0 Å². The first-order chi connectivity index (χ1) is 8.24. The Labute approximate surface area is 103 Å². The first kappa shape index (κ1) is 11.1. The predicted octanol–water partition coefficient (Wildman–Crippen LogP) is 2.91. The molecule has 0 amide bonds. The summed E-state index contributed by atoms with van der Waals surface area (Å²) in [4.78, 5) is 0. The van der Waals surface area contributed by atoms with E-state index in [9.17, 15) is 0 Å². The van der Waals surface area contributed by atoms with Crippen LogP contribution in [0.4, 0.5) is 0 Å². The minimum atomic E-state index is -0.0823. The van der Waals surface area contributed by atoms with Crippen LogP contribution in [0.1, 0.15) is 48.8 Å². The largest absolute Gasteiger partial charge is 0.496 e. The van der Waals surface area contributed by atoms with E-state index in [-0.39, 0.29) is 5.54 Å². The van der Waals surface area contributed by atoms with Crippen molar-refractivity contribution in [3.63, 3.8) is 0 Å². The SMILES string of the molecule is COc1ccc2c(c1C1(N)CC1)CCCCC2. The Balaban J connectivity index is 2.14. The summed E-state index contributed by atoms with van der Waals surface area (Å²) < 4.78 is 5.54. The average molecular weight is 231 g/mol. The Bertz CT molecular complexity index is 435. The molecule has 1 aromatic rings. The van der Waals surface area contributed by atoms with Gasteiger partial charge in [-0.2, -0.15) is 0 Å². The maximum Gasteiger partial charge on any atom is 0.124 e. The van der Waals surface area contributed by atoms with Crippen LogP contribution >= 0.6 is 0 Å². The fourth-order valence-electron chi connectivity index (χ4n) is 3.08. The van der Waals surface area contributed by atoms with Gasteiger partial charge in [-0.05, 0) is 55.7 Å². The Morgan fingerprint density at radius 1 is 1.12 bits per heavy atom. The first-order valence-electron chi connectivity index (χ1n) is 6.73. The molecule has 0 atom stereocenters. The zero-order chi connectivity index (χ0) is 11.9. The van der Waals surface area contributed by atoms with Crippen molar-refractivity contribution in [1.29, 1.82) is 0 Å². The molecule has 1 fully saturated rings. The van der Waals surface area contributed by atoms with Crippen molar-refractivity contribution in [3.8, 4) is 5.75 Å². The van der Waals surface area contributed by atoms with Gasteiger partial charge in [0.2, 0.25) is 0 Å². The molecule has 0 heterocycles. The van der Waals surface area contributed by atoms with E-state index in [2.05, 4.69) is 12.1 Å². The third-order valence-electron chi connectivity index (χ3n) is 4.25. The molecule has 2 nitrogen and oxygen atoms in total. The highest BCUT2D eigenvalue weighted by Crippen LogP contribution is 2.49. The van der Waals surface area contributed by atoms with Gasteiger partial charge in [0.25, 0.3) is 0 Å². The van der Waals surface area contributed by atoms with Gasteiger partial charge in [0.1, 0.15) is 5.75 Å². The lowest BCUT2D eigenvalue weighted by atomic mass is 9.90. The van der Waals surface area contributed by atoms with E-state index in [1.54, 1.807) is 7.11 Å². The number of fused-ring (bicyclic) bond motifs is 1. The molecule has 0 radical (unpaired) electrons. The van der Waals surface area contributed by atoms with Gasteiger partial charge in [-0.1, -0.05) is 12.5 Å². The van der Waals surface area contributed by atoms with Crippen LogP contribution in [-0.4, -0.2) is 7.11 Å². The predicted molar refractivity (Wildman–Crippen MR) is 69.4 cm³/mol. The van der Waals surface area contributed by atoms with Crippen molar-refractivity contribution in [2.75, 3.05) is 7.11 Å². The van der Waals surface area contributed by atoms with E-state index < -0.39 is 0 Å². The quantitative estimate of drug-likeness (QED) is 0.794. The molecule has 2 aliphatic carbocycles. The van der Waals surface area contributed by atoms with E-state index >= 15 is 0 Å². The summed E-state index contributed by atoms with van der Waals surface area (Å²) >= 11 is 0. The van der Waals surface area contributed by atoms with Crippen LogP contribution in [0.2, 0.25) is 0 Å². The van der Waals surface area contributed by atoms with Crippen LogP contribution in [0.15, 0.2) is 12.1 Å². The zero-order valence-corrected chi connectivity index (χ0v) is 10.6. The third-order valence-corrected chi connectivity index (χ3v) is 4.25. The van der Waals surface area contributed by atoms with E-state index in [1.807, 2.05) is 0 Å². The second-order valence-electron chi connectivity index (χ2n) is 5.50. The summed E-state index contributed by atoms with van der Waals surface area (Å²) in [5.41, 5.74) is 10.7. The Hall–Kier alpha value is -1.02. The number of hydrogen-bond donors (Lipinski definition) is 1. The molecular weight excluding hydrogens is 210 g/mol. The van der Waals surface area contributed by atoms with Gasteiger partial charge in [0.05, 0.1) is 7.11 Å². The summed E-state index contributed by atoms with van der Waals surface area (Å²) in [5.74, 6) is 1.01. The number of rotatable bonds is 2. The Kier molecular flexibility index (Phi) is 2.62. The molecule has 92 valence electrons. The molecular formula is C15H21NO. The number of nitrogens with two attached hydrogens (primary N) is 1. The molecule has 2 aliphatic rings. The maximum atomic E-state index is 6.44. The molecule has 0 aromatic heterocycles. The summed E-state index contributed by atoms with van der Waals surface area (Å²) in [7, 11) is 1.76. The van der Waals surface area contributed by atoms with Crippen LogP contribution in [-0.2, 0) is 18.4 Å². The maximum absolute atomic E-state index is 6.44. The Morgan fingerprint density at radius 3 is 2.59 bits per heavy atom. The Morgan fingerprint density at radius 2 is 1.88 bits per heavy atom. The van der Waals surface area contributed by atoms with Crippen molar-refractivity contribution in [2.24, 2.45) is 5.73 Å². The number of aryl methyl sites for hydroxylation is 1. The van der Waals surface area contributed by atoms with Gasteiger partial charge in [-0.25, -0.2) is 0 Å². The molecule has 1 aromatic carbocycles. The monoisotopic (exact) mass is 231 g/mol. The number of methoxy groups -OCH3 is 1. The van der Waals surface area contributed by atoms with E-state index in [0.717, 1.165) is 18.6 Å². The zero-order valence-electron chi connectivity index (χ0n) is 10.6. The second-order valence-corrected chi connectivity index (χ2v) is 5.50. The second kappa shape index (κ2) is 4.02. The molecule has 17 heavy (non-hydrogen) atoms. The molecule has 3 rings (SSSR count). The summed E-state index contributed by atoms with van der Waals surface area (Å²) in [5, 5.41) is 0. The highest BCUT2D eigenvalue weighted by molar-refractivity contribution is 5.52. The molecule has 2 heteroatoms. The summed E-state index contributed by atoms with van der Waals surface area (Å²) in [6.45, 7) is 0. The molecule has 0 unspecified atom stereocenters. The smallest absolute Gasteiger partial charge is 0.124 e. The molecule has 0 bridgehead atoms. The number of benzene rings is 1. The highest BCUT2D eigenvalue weighted by Gasteiger charge is 2.44. The van der Waals surface area contributed by atoms with E-state index in [1.165, 1.54) is 48.8 Å². The normalized spacial score (nSPS) is 21.5. The summed E-state index contributed by atoms with van der Waals surface area (Å²) in [6, 6.07) is 4.36. The highest BCUT2D eigenvalue weighted by atomic mass is 16.5. The van der Waals surface area contributed by atoms with Crippen molar-refractivity contribution >= 4 is 0 Å². The van der Waals surface area contributed by atoms with Crippen molar-refractivity contribution in [2.45, 2.75) is 50.5 Å². The average Bonchev–Trinajstić information content (AvgIpc) is 3.11. The van der Waals surface area contributed by atoms with Crippen molar-refractivity contribution < 1.29 is 4.74 Å². The van der Waals surface area contributed by atoms with Crippen molar-refractivity contribution in [3.05, 3.63) is 28.8 Å². The van der Waals surface area contributed by atoms with Crippen LogP contribution in [0.5, 0.6) is 5.75 Å². The lowest BCUT2D eigenvalue weighted by Gasteiger charge is -2.21. The topological polar surface area (TPSA) is 35.2 Å². The fraction of sp³-hybridized carbons (Fsp3) is 0.600. The third kappa shape index (κ3) is 1.85. The minimum absolute atomic E-state index is 0.0823.